The molecule has 0 spiro atoms. The van der Waals surface area contributed by atoms with Gasteiger partial charge < -0.3 is 5.32 Å². The van der Waals surface area contributed by atoms with Gasteiger partial charge in [0.25, 0.3) is 5.91 Å². The zero-order chi connectivity index (χ0) is 12.1. The highest BCUT2D eigenvalue weighted by atomic mass is 32.1. The van der Waals surface area contributed by atoms with Crippen molar-refractivity contribution in [2.75, 3.05) is 0 Å². The molecule has 1 aliphatic carbocycles. The van der Waals surface area contributed by atoms with Gasteiger partial charge >= 0.3 is 0 Å². The second-order valence-electron chi connectivity index (χ2n) is 3.99. The van der Waals surface area contributed by atoms with E-state index in [1.54, 1.807) is 6.92 Å². The number of carbonyl (C=O) groups excluding carboxylic acids is 1. The molecule has 0 aromatic heterocycles. The Labute approximate surface area is 100 Å². The molecule has 88 valence electrons. The monoisotopic (exact) mass is 242 g/mol. The summed E-state index contributed by atoms with van der Waals surface area (Å²) in [5, 5.41) is 11.5. The lowest BCUT2D eigenvalue weighted by molar-refractivity contribution is -0.118. The molecule has 1 aliphatic rings. The van der Waals surface area contributed by atoms with Crippen LogP contribution in [0.25, 0.3) is 0 Å². The van der Waals surface area contributed by atoms with Gasteiger partial charge in [-0.25, -0.2) is 4.39 Å². The van der Waals surface area contributed by atoms with E-state index < -0.39 is 12.1 Å². The number of hydrogen-bond acceptors (Lipinski definition) is 3. The van der Waals surface area contributed by atoms with E-state index in [0.29, 0.717) is 30.6 Å². The maximum Gasteiger partial charge on any atom is 0.262 e. The molecule has 5 heteroatoms. The van der Waals surface area contributed by atoms with Crippen LogP contribution in [-0.2, 0) is 4.79 Å². The molecule has 0 saturated heterocycles. The number of allylic oxidation sites excluding steroid dienone is 1. The van der Waals surface area contributed by atoms with Crippen LogP contribution in [0.15, 0.2) is 10.5 Å². The summed E-state index contributed by atoms with van der Waals surface area (Å²) in [6.07, 6.45) is 1.49. The second kappa shape index (κ2) is 5.90. The van der Waals surface area contributed by atoms with Crippen molar-refractivity contribution in [1.82, 2.24) is 5.32 Å². The van der Waals surface area contributed by atoms with Gasteiger partial charge in [-0.1, -0.05) is 0 Å². The fourth-order valence-electron chi connectivity index (χ4n) is 1.75. The summed E-state index contributed by atoms with van der Waals surface area (Å²) in [4.78, 5) is 12.0. The highest BCUT2D eigenvalue weighted by Crippen LogP contribution is 2.21. The number of nitriles is 1. The number of nitrogens with one attached hydrogen (secondary N) is 1. The molecule has 0 unspecified atom stereocenters. The van der Waals surface area contributed by atoms with Crippen LogP contribution < -0.4 is 5.32 Å². The van der Waals surface area contributed by atoms with Crippen molar-refractivity contribution in [2.45, 2.75) is 44.8 Å². The Hall–Kier alpha value is -1.02. The number of nitrogens with zero attached hydrogens (tertiary/aromatic N) is 1. The first-order valence-electron chi connectivity index (χ1n) is 5.29. The van der Waals surface area contributed by atoms with Crippen molar-refractivity contribution >= 4 is 18.5 Å². The molecule has 1 fully saturated rings. The first kappa shape index (κ1) is 13.0. The SMILES string of the molecule is C/C(S)=C(/C#N)C(=O)NC1CCC(F)CC1. The number of halogens is 1. The van der Waals surface area contributed by atoms with E-state index in [1.807, 2.05) is 6.07 Å². The average Bonchev–Trinajstić information content (AvgIpc) is 2.22. The maximum atomic E-state index is 12.9. The van der Waals surface area contributed by atoms with Crippen LogP contribution in [0.4, 0.5) is 4.39 Å². The van der Waals surface area contributed by atoms with E-state index >= 15 is 0 Å². The Morgan fingerprint density at radius 2 is 2.00 bits per heavy atom. The zero-order valence-electron chi connectivity index (χ0n) is 9.16. The van der Waals surface area contributed by atoms with Crippen LogP contribution in [0, 0.1) is 11.3 Å². The van der Waals surface area contributed by atoms with Crippen LogP contribution in [-0.4, -0.2) is 18.1 Å². The molecule has 1 amide bonds. The van der Waals surface area contributed by atoms with Crippen molar-refractivity contribution in [3.63, 3.8) is 0 Å². The van der Waals surface area contributed by atoms with Crippen LogP contribution in [0.1, 0.15) is 32.6 Å². The van der Waals surface area contributed by atoms with Crippen LogP contribution in [0.2, 0.25) is 0 Å². The number of amides is 1. The normalized spacial score (nSPS) is 26.6. The Kier molecular flexibility index (Phi) is 4.81. The summed E-state index contributed by atoms with van der Waals surface area (Å²) in [6, 6.07) is 1.80. The third-order valence-electron chi connectivity index (χ3n) is 2.69. The standard InChI is InChI=1S/C11H15FN2OS/c1-7(16)10(6-13)11(15)14-9-4-2-8(12)3-5-9/h8-9,16H,2-5H2,1H3,(H,14,15)/b10-7+. The van der Waals surface area contributed by atoms with Gasteiger partial charge in [-0.15, -0.1) is 12.6 Å². The maximum absolute atomic E-state index is 12.9. The van der Waals surface area contributed by atoms with E-state index in [-0.39, 0.29) is 11.6 Å². The van der Waals surface area contributed by atoms with Gasteiger partial charge in [0.05, 0.1) is 0 Å². The molecule has 0 aromatic rings. The van der Waals surface area contributed by atoms with Gasteiger partial charge in [-0.3, -0.25) is 4.79 Å². The van der Waals surface area contributed by atoms with Crippen LogP contribution in [0.5, 0.6) is 0 Å². The summed E-state index contributed by atoms with van der Waals surface area (Å²) < 4.78 is 12.9. The number of hydrogen-bond donors (Lipinski definition) is 2. The molecule has 3 nitrogen and oxygen atoms in total. The number of rotatable bonds is 2. The number of thiol groups is 1. The van der Waals surface area contributed by atoms with E-state index in [1.165, 1.54) is 0 Å². The summed E-state index contributed by atoms with van der Waals surface area (Å²) in [5.41, 5.74) is 0.0331. The van der Waals surface area contributed by atoms with E-state index in [4.69, 9.17) is 5.26 Å². The molecule has 0 bridgehead atoms. The molecule has 0 radical (unpaired) electrons. The summed E-state index contributed by atoms with van der Waals surface area (Å²) >= 11 is 3.98. The molecule has 1 saturated carbocycles. The molecular weight excluding hydrogens is 227 g/mol. The molecule has 0 atom stereocenters. The largest absolute Gasteiger partial charge is 0.349 e. The first-order valence-corrected chi connectivity index (χ1v) is 5.74. The Morgan fingerprint density at radius 1 is 1.44 bits per heavy atom. The van der Waals surface area contributed by atoms with E-state index in [2.05, 4.69) is 17.9 Å². The first-order chi connectivity index (χ1) is 7.54. The quantitative estimate of drug-likeness (QED) is 0.442. The highest BCUT2D eigenvalue weighted by molar-refractivity contribution is 7.84. The lowest BCUT2D eigenvalue weighted by Crippen LogP contribution is -2.38. The summed E-state index contributed by atoms with van der Waals surface area (Å²) in [5.74, 6) is -0.405. The smallest absolute Gasteiger partial charge is 0.262 e. The zero-order valence-corrected chi connectivity index (χ0v) is 10.1. The van der Waals surface area contributed by atoms with Crippen molar-refractivity contribution in [3.8, 4) is 6.07 Å². The van der Waals surface area contributed by atoms with Crippen molar-refractivity contribution < 1.29 is 9.18 Å². The minimum atomic E-state index is -0.745. The van der Waals surface area contributed by atoms with Gasteiger partial charge in [-0.2, -0.15) is 5.26 Å². The second-order valence-corrected chi connectivity index (χ2v) is 4.67. The molecule has 0 heterocycles. The van der Waals surface area contributed by atoms with Crippen molar-refractivity contribution in [1.29, 1.82) is 5.26 Å². The molecule has 1 N–H and O–H groups in total. The molecule has 0 aliphatic heterocycles. The van der Waals surface area contributed by atoms with Gasteiger partial charge in [0.15, 0.2) is 0 Å². The fraction of sp³-hybridized carbons (Fsp3) is 0.636. The predicted molar refractivity (Wildman–Crippen MR) is 62.6 cm³/mol. The van der Waals surface area contributed by atoms with Gasteiger partial charge in [-0.05, 0) is 32.6 Å². The van der Waals surface area contributed by atoms with Crippen molar-refractivity contribution in [3.05, 3.63) is 10.5 Å². The Bertz CT molecular complexity index is 336. The Balaban J connectivity index is 2.53. The minimum absolute atomic E-state index is 0.0180. The number of alkyl halides is 1. The predicted octanol–water partition coefficient (Wildman–Crippen LogP) is 2.11. The number of carbonyl (C=O) groups is 1. The van der Waals surface area contributed by atoms with Crippen LogP contribution >= 0.6 is 12.6 Å². The lowest BCUT2D eigenvalue weighted by atomic mass is 9.94. The average molecular weight is 242 g/mol. The third-order valence-corrected chi connectivity index (χ3v) is 2.92. The lowest BCUT2D eigenvalue weighted by Gasteiger charge is -2.24. The van der Waals surface area contributed by atoms with Crippen LogP contribution in [0.3, 0.4) is 0 Å². The van der Waals surface area contributed by atoms with Gasteiger partial charge in [0, 0.05) is 10.9 Å². The van der Waals surface area contributed by atoms with Crippen molar-refractivity contribution in [2.24, 2.45) is 0 Å². The fourth-order valence-corrected chi connectivity index (χ4v) is 1.90. The summed E-state index contributed by atoms with van der Waals surface area (Å²) in [6.45, 7) is 1.60. The minimum Gasteiger partial charge on any atom is -0.349 e. The molecule has 1 rings (SSSR count). The summed E-state index contributed by atoms with van der Waals surface area (Å²) in [7, 11) is 0. The molecular formula is C11H15FN2OS. The molecule has 0 aromatic carbocycles. The topological polar surface area (TPSA) is 52.9 Å². The van der Waals surface area contributed by atoms with Gasteiger partial charge in [0.2, 0.25) is 0 Å². The molecule has 16 heavy (non-hydrogen) atoms. The van der Waals surface area contributed by atoms with Gasteiger partial charge in [0.1, 0.15) is 17.8 Å². The highest BCUT2D eigenvalue weighted by Gasteiger charge is 2.23. The Morgan fingerprint density at radius 3 is 2.44 bits per heavy atom. The van der Waals surface area contributed by atoms with E-state index in [0.717, 1.165) is 0 Å². The van der Waals surface area contributed by atoms with E-state index in [9.17, 15) is 9.18 Å². The third kappa shape index (κ3) is 3.53.